The Labute approximate surface area is 500 Å². The average Bonchev–Trinajstić information content (AvgIpc) is 3.01. The van der Waals surface area contributed by atoms with Crippen molar-refractivity contribution in [2.75, 3.05) is 78.5 Å². The number of nitrogens with zero attached hydrogens (tertiary/aromatic N) is 6. The molecule has 0 aromatic heterocycles. The number of hydrogen-bond donors (Lipinski definition) is 0. The normalized spacial score (nSPS) is 9.64. The summed E-state index contributed by atoms with van der Waals surface area (Å²) < 4.78 is -0.722. The van der Waals surface area contributed by atoms with Gasteiger partial charge in [0.05, 0.1) is 0 Å². The van der Waals surface area contributed by atoms with Crippen LogP contribution in [0.3, 0.4) is 0 Å². The van der Waals surface area contributed by atoms with Gasteiger partial charge in [0.1, 0.15) is 0 Å². The second-order valence-electron chi connectivity index (χ2n) is 9.17. The first-order valence-corrected chi connectivity index (χ1v) is 22.3. The zero-order valence-electron chi connectivity index (χ0n) is 34.7. The van der Waals surface area contributed by atoms with E-state index < -0.39 is 0 Å². The van der Waals surface area contributed by atoms with Gasteiger partial charge in [0.2, 0.25) is 0 Å². The molecule has 0 amide bonds. The fraction of sp³-hybridized carbons (Fsp3) is 1.00. The van der Waals surface area contributed by atoms with Crippen LogP contribution < -0.4 is 0 Å². The quantitative estimate of drug-likeness (QED) is 0.147. The summed E-state index contributed by atoms with van der Waals surface area (Å²) in [5.74, 6) is 0. The van der Waals surface area contributed by atoms with Gasteiger partial charge in [0, 0.05) is 0 Å². The van der Waals surface area contributed by atoms with E-state index in [1.165, 1.54) is 0 Å². The van der Waals surface area contributed by atoms with E-state index in [9.17, 15) is 0 Å². The SMILES string of the molecule is CCN(CC)C([S-])[S-].CCN(CC)C([S-])[S-].CCN(CC)C([S-])[S-].CCN(CC)C([S-])[S-].CCN(CC)C([S-])[S-].CCN(CC)C([S-])[S-].[Fe+3].[Fe+3].[Fe+3].[Fe+3].[SeH].[SeH].[SeH].[SeH]. The molecule has 26 heteroatoms. The molecule has 0 rings (SSSR count). The molecule has 56 heavy (non-hydrogen) atoms. The van der Waals surface area contributed by atoms with Crippen LogP contribution in [0, 0.1) is 0 Å². The van der Waals surface area contributed by atoms with E-state index in [0.29, 0.717) is 0 Å². The zero-order chi connectivity index (χ0) is 39.4. The summed E-state index contributed by atoms with van der Waals surface area (Å²) >= 11 is 58.1. The summed E-state index contributed by atoms with van der Waals surface area (Å²) in [4.78, 5) is 12.3. The van der Waals surface area contributed by atoms with Gasteiger partial charge in [-0.25, -0.2) is 28.2 Å². The molecule has 348 valence electrons. The third kappa shape index (κ3) is 73.7. The first-order chi connectivity index (χ1) is 22.3. The first kappa shape index (κ1) is 102. The third-order valence-corrected chi connectivity index (χ3v) is 10.2. The molecule has 6 nitrogen and oxygen atoms in total. The van der Waals surface area contributed by atoms with Crippen molar-refractivity contribution < 1.29 is 68.3 Å². The molecule has 8 radical (unpaired) electrons. The molecule has 0 aliphatic carbocycles. The van der Waals surface area contributed by atoms with Crippen LogP contribution >= 0.6 is 0 Å². The van der Waals surface area contributed by atoms with Crippen molar-refractivity contribution in [1.29, 1.82) is 0 Å². The molecule has 0 aliphatic rings. The summed E-state index contributed by atoms with van der Waals surface area (Å²) in [6.07, 6.45) is 0. The van der Waals surface area contributed by atoms with Crippen molar-refractivity contribution in [2.45, 2.75) is 111 Å². The van der Waals surface area contributed by atoms with Crippen LogP contribution in [0.1, 0.15) is 83.1 Å². The summed E-state index contributed by atoms with van der Waals surface area (Å²) in [6, 6.07) is 0. The van der Waals surface area contributed by atoms with Crippen LogP contribution in [0.25, 0.3) is 0 Å². The molecule has 0 heterocycles. The third-order valence-electron chi connectivity index (χ3n) is 6.66. The summed E-state index contributed by atoms with van der Waals surface area (Å²) in [5.41, 5.74) is 0. The van der Waals surface area contributed by atoms with Crippen LogP contribution in [0.2, 0.25) is 0 Å². The minimum atomic E-state index is -0.120. The molecule has 0 atom stereocenters. The summed E-state index contributed by atoms with van der Waals surface area (Å²) in [7, 11) is 0. The summed E-state index contributed by atoms with van der Waals surface area (Å²) in [5, 5.41) is 0. The Morgan fingerprint density at radius 1 is 0.214 bits per heavy atom. The molecule has 0 aliphatic heterocycles. The molecule has 0 aromatic carbocycles. The Morgan fingerprint density at radius 2 is 0.268 bits per heavy atom. The Morgan fingerprint density at radius 3 is 0.268 bits per heavy atom. The Kier molecular flexibility index (Phi) is 140. The van der Waals surface area contributed by atoms with Gasteiger partial charge in [-0.15, -0.1) is 0 Å². The van der Waals surface area contributed by atoms with E-state index in [1.807, 2.05) is 29.4 Å². The molecular weight excluding hydrogens is 1370 g/mol. The fourth-order valence-corrected chi connectivity index (χ4v) is 6.71. The predicted octanol–water partition coefficient (Wildman–Crippen LogP) is 1.63. The van der Waals surface area contributed by atoms with Crippen LogP contribution in [-0.4, -0.2) is 204 Å². The van der Waals surface area contributed by atoms with Crippen LogP contribution in [0.5, 0.6) is 0 Å². The maximum atomic E-state index is 4.84. The van der Waals surface area contributed by atoms with E-state index in [1.54, 1.807) is 0 Å². The average molecular weight is 1440 g/mol. The van der Waals surface area contributed by atoms with Gasteiger partial charge < -0.3 is 181 Å². The molecular formula is C30H70Fe4N6S12Se4. The second kappa shape index (κ2) is 77.3. The van der Waals surface area contributed by atoms with E-state index >= 15 is 0 Å². The molecule has 0 fully saturated rings. The standard InChI is InChI=1S/6C5H13NS2.4Fe.4HSe/c6*1-3-6(4-2)5(7)8;;;;;;;;/h6*5,7-8H,3-4H2,1-2H3;;;;;4*1H/q;;;;;;4*+3;;;;/p-12. The summed E-state index contributed by atoms with van der Waals surface area (Å²) in [6.45, 7) is 36.4. The first-order valence-electron chi connectivity index (χ1n) is 16.7. The van der Waals surface area contributed by atoms with Gasteiger partial charge in [-0.05, 0) is 78.5 Å². The van der Waals surface area contributed by atoms with Crippen molar-refractivity contribution >= 4 is 220 Å². The van der Waals surface area contributed by atoms with Gasteiger partial charge in [0.25, 0.3) is 0 Å². The molecule has 0 saturated carbocycles. The number of rotatable bonds is 18. The van der Waals surface area contributed by atoms with Crippen molar-refractivity contribution in [3.8, 4) is 0 Å². The van der Waals surface area contributed by atoms with E-state index in [0.717, 1.165) is 78.5 Å². The van der Waals surface area contributed by atoms with Crippen molar-refractivity contribution in [3.63, 3.8) is 0 Å². The Bertz CT molecular complexity index is 480. The van der Waals surface area contributed by atoms with Gasteiger partial charge >= 0.3 is 137 Å². The molecule has 0 N–H and O–H groups in total. The maximum absolute atomic E-state index is 4.84. The van der Waals surface area contributed by atoms with Gasteiger partial charge in [-0.1, -0.05) is 83.1 Å². The zero-order valence-corrected chi connectivity index (χ0v) is 56.5. The second-order valence-corrected chi connectivity index (χ2v) is 16.3. The van der Waals surface area contributed by atoms with E-state index in [4.69, 9.17) is 152 Å². The molecule has 0 aromatic rings. The van der Waals surface area contributed by atoms with E-state index in [2.05, 4.69) is 83.1 Å². The Hall–Kier alpha value is 8.12. The van der Waals surface area contributed by atoms with Crippen LogP contribution in [0.15, 0.2) is 0 Å². The van der Waals surface area contributed by atoms with Gasteiger partial charge in [-0.3, -0.25) is 0 Å². The fourth-order valence-electron chi connectivity index (χ4n) is 3.13. The van der Waals surface area contributed by atoms with Crippen molar-refractivity contribution in [1.82, 2.24) is 29.4 Å². The Balaban J connectivity index is -0.0000000306. The monoisotopic (exact) mass is 1440 g/mol. The van der Waals surface area contributed by atoms with Crippen LogP contribution in [0.4, 0.5) is 0 Å². The molecule has 0 spiro atoms. The predicted molar refractivity (Wildman–Crippen MR) is 277 cm³/mol. The van der Waals surface area contributed by atoms with Gasteiger partial charge in [-0.2, -0.15) is 0 Å². The molecule has 0 unspecified atom stereocenters. The topological polar surface area (TPSA) is 19.4 Å². The minimum absolute atomic E-state index is 0. The van der Waals surface area contributed by atoms with Crippen LogP contribution in [-0.2, 0) is 220 Å². The van der Waals surface area contributed by atoms with E-state index in [-0.39, 0.29) is 165 Å². The number of hydrogen-bond acceptors (Lipinski definition) is 18. The van der Waals surface area contributed by atoms with Crippen molar-refractivity contribution in [2.24, 2.45) is 0 Å². The molecule has 0 bridgehead atoms. The molecule has 0 saturated heterocycles. The van der Waals surface area contributed by atoms with Gasteiger partial charge in [0.15, 0.2) is 0 Å². The van der Waals surface area contributed by atoms with Crippen molar-refractivity contribution in [3.05, 3.63) is 0 Å².